The quantitative estimate of drug-likeness (QED) is 0.685. The molecule has 0 aromatic heterocycles. The van der Waals surface area contributed by atoms with Crippen LogP contribution >= 0.6 is 0 Å². The number of anilines is 1. The first kappa shape index (κ1) is 11.9. The predicted octanol–water partition coefficient (Wildman–Crippen LogP) is 1.08. The van der Waals surface area contributed by atoms with Crippen LogP contribution in [0, 0.1) is 12.8 Å². The Kier molecular flexibility index (Phi) is 3.33. The molecule has 0 aliphatic heterocycles. The largest absolute Gasteiger partial charge is 0.398 e. The SMILES string of the molecule is Cc1ccc(C(=O)NCC2CC(O)C2)cc1N. The Morgan fingerprint density at radius 2 is 2.24 bits per heavy atom. The maximum absolute atomic E-state index is 11.8. The molecule has 1 saturated carbocycles. The number of nitrogen functional groups attached to an aromatic ring is 1. The summed E-state index contributed by atoms with van der Waals surface area (Å²) in [5.41, 5.74) is 7.96. The van der Waals surface area contributed by atoms with Gasteiger partial charge in [0.15, 0.2) is 0 Å². The molecule has 1 amide bonds. The number of benzene rings is 1. The lowest BCUT2D eigenvalue weighted by Crippen LogP contribution is -2.38. The average molecular weight is 234 g/mol. The van der Waals surface area contributed by atoms with Crippen LogP contribution in [0.4, 0.5) is 5.69 Å². The van der Waals surface area contributed by atoms with Gasteiger partial charge in [0, 0.05) is 17.8 Å². The molecule has 4 nitrogen and oxygen atoms in total. The van der Waals surface area contributed by atoms with E-state index in [2.05, 4.69) is 5.32 Å². The molecule has 4 heteroatoms. The second-order valence-corrected chi connectivity index (χ2v) is 4.77. The molecule has 0 bridgehead atoms. The molecular formula is C13H18N2O2. The zero-order valence-corrected chi connectivity index (χ0v) is 9.94. The normalized spacial score (nSPS) is 22.9. The van der Waals surface area contributed by atoms with Crippen molar-refractivity contribution in [2.45, 2.75) is 25.9 Å². The summed E-state index contributed by atoms with van der Waals surface area (Å²) >= 11 is 0. The lowest BCUT2D eigenvalue weighted by molar-refractivity contribution is 0.0420. The van der Waals surface area contributed by atoms with Crippen molar-refractivity contribution in [3.8, 4) is 0 Å². The van der Waals surface area contributed by atoms with Gasteiger partial charge in [0.05, 0.1) is 6.10 Å². The monoisotopic (exact) mass is 234 g/mol. The predicted molar refractivity (Wildman–Crippen MR) is 66.7 cm³/mol. The number of hydrogen-bond donors (Lipinski definition) is 3. The number of hydrogen-bond acceptors (Lipinski definition) is 3. The average Bonchev–Trinajstić information content (AvgIpc) is 2.26. The van der Waals surface area contributed by atoms with E-state index in [-0.39, 0.29) is 12.0 Å². The van der Waals surface area contributed by atoms with Gasteiger partial charge in [-0.25, -0.2) is 0 Å². The van der Waals surface area contributed by atoms with Crippen LogP contribution in [0.2, 0.25) is 0 Å². The van der Waals surface area contributed by atoms with Crippen molar-refractivity contribution >= 4 is 11.6 Å². The third-order valence-corrected chi connectivity index (χ3v) is 3.30. The first-order valence-electron chi connectivity index (χ1n) is 5.88. The van der Waals surface area contributed by atoms with Crippen LogP contribution < -0.4 is 11.1 Å². The Morgan fingerprint density at radius 1 is 1.53 bits per heavy atom. The van der Waals surface area contributed by atoms with E-state index in [4.69, 9.17) is 10.8 Å². The van der Waals surface area contributed by atoms with Crippen molar-refractivity contribution < 1.29 is 9.90 Å². The first-order valence-corrected chi connectivity index (χ1v) is 5.88. The van der Waals surface area contributed by atoms with E-state index in [0.717, 1.165) is 18.4 Å². The molecule has 1 aliphatic rings. The summed E-state index contributed by atoms with van der Waals surface area (Å²) in [7, 11) is 0. The molecule has 0 radical (unpaired) electrons. The summed E-state index contributed by atoms with van der Waals surface area (Å²) in [6.45, 7) is 2.54. The van der Waals surface area contributed by atoms with E-state index in [1.165, 1.54) is 0 Å². The minimum Gasteiger partial charge on any atom is -0.398 e. The van der Waals surface area contributed by atoms with E-state index in [0.29, 0.717) is 23.7 Å². The van der Waals surface area contributed by atoms with E-state index >= 15 is 0 Å². The summed E-state index contributed by atoms with van der Waals surface area (Å²) in [4.78, 5) is 11.8. The Morgan fingerprint density at radius 3 is 2.82 bits per heavy atom. The third-order valence-electron chi connectivity index (χ3n) is 3.30. The highest BCUT2D eigenvalue weighted by Crippen LogP contribution is 2.26. The van der Waals surface area contributed by atoms with Crippen molar-refractivity contribution in [1.29, 1.82) is 0 Å². The Balaban J connectivity index is 1.88. The molecule has 0 spiro atoms. The van der Waals surface area contributed by atoms with Crippen molar-refractivity contribution in [2.24, 2.45) is 5.92 Å². The number of carbonyl (C=O) groups excluding carboxylic acids is 1. The van der Waals surface area contributed by atoms with Crippen LogP contribution in [0.15, 0.2) is 18.2 Å². The van der Waals surface area contributed by atoms with Crippen LogP contribution in [0.25, 0.3) is 0 Å². The molecule has 0 atom stereocenters. The minimum atomic E-state index is -0.174. The van der Waals surface area contributed by atoms with Gasteiger partial charge in [-0.3, -0.25) is 4.79 Å². The molecule has 2 rings (SSSR count). The molecule has 0 heterocycles. The highest BCUT2D eigenvalue weighted by molar-refractivity contribution is 5.95. The molecule has 1 fully saturated rings. The van der Waals surface area contributed by atoms with Crippen LogP contribution in [0.5, 0.6) is 0 Å². The second kappa shape index (κ2) is 4.75. The van der Waals surface area contributed by atoms with E-state index < -0.39 is 0 Å². The molecular weight excluding hydrogens is 216 g/mol. The standard InChI is InChI=1S/C13H18N2O2/c1-8-2-3-10(6-12(8)14)13(17)15-7-9-4-11(16)5-9/h2-3,6,9,11,16H,4-5,7,14H2,1H3,(H,15,17). The molecule has 1 aromatic carbocycles. The van der Waals surface area contributed by atoms with Gasteiger partial charge in [-0.2, -0.15) is 0 Å². The van der Waals surface area contributed by atoms with Gasteiger partial charge in [-0.1, -0.05) is 6.07 Å². The maximum atomic E-state index is 11.8. The fraction of sp³-hybridized carbons (Fsp3) is 0.462. The molecule has 92 valence electrons. The van der Waals surface area contributed by atoms with Gasteiger partial charge >= 0.3 is 0 Å². The number of nitrogens with one attached hydrogen (secondary N) is 1. The van der Waals surface area contributed by atoms with E-state index in [1.807, 2.05) is 13.0 Å². The van der Waals surface area contributed by atoms with Crippen LogP contribution in [0.1, 0.15) is 28.8 Å². The van der Waals surface area contributed by atoms with Gasteiger partial charge in [0.2, 0.25) is 0 Å². The van der Waals surface area contributed by atoms with Gasteiger partial charge in [-0.05, 0) is 43.4 Å². The molecule has 1 aromatic rings. The zero-order chi connectivity index (χ0) is 12.4. The van der Waals surface area contributed by atoms with Gasteiger partial charge < -0.3 is 16.2 Å². The number of aliphatic hydroxyl groups excluding tert-OH is 1. The van der Waals surface area contributed by atoms with Crippen molar-refractivity contribution in [1.82, 2.24) is 5.32 Å². The topological polar surface area (TPSA) is 75.3 Å². The number of aryl methyl sites for hydroxylation is 1. The first-order chi connectivity index (χ1) is 8.06. The fourth-order valence-electron chi connectivity index (χ4n) is 1.99. The summed E-state index contributed by atoms with van der Waals surface area (Å²) in [6, 6.07) is 5.31. The minimum absolute atomic E-state index is 0.0990. The molecule has 4 N–H and O–H groups in total. The van der Waals surface area contributed by atoms with E-state index in [9.17, 15) is 4.79 Å². The number of rotatable bonds is 3. The van der Waals surface area contributed by atoms with Gasteiger partial charge in [0.1, 0.15) is 0 Å². The van der Waals surface area contributed by atoms with Crippen LogP contribution in [-0.2, 0) is 0 Å². The second-order valence-electron chi connectivity index (χ2n) is 4.77. The number of nitrogens with two attached hydrogens (primary N) is 1. The lowest BCUT2D eigenvalue weighted by Gasteiger charge is -2.31. The van der Waals surface area contributed by atoms with Crippen molar-refractivity contribution in [3.05, 3.63) is 29.3 Å². The third kappa shape index (κ3) is 2.77. The zero-order valence-electron chi connectivity index (χ0n) is 9.94. The highest BCUT2D eigenvalue weighted by atomic mass is 16.3. The number of aliphatic hydroxyl groups is 1. The molecule has 0 saturated heterocycles. The Bertz CT molecular complexity index is 425. The Hall–Kier alpha value is -1.55. The van der Waals surface area contributed by atoms with Gasteiger partial charge in [0.25, 0.3) is 5.91 Å². The Labute approximate surface area is 101 Å². The lowest BCUT2D eigenvalue weighted by atomic mass is 9.82. The maximum Gasteiger partial charge on any atom is 0.251 e. The van der Waals surface area contributed by atoms with Crippen molar-refractivity contribution in [3.63, 3.8) is 0 Å². The number of amides is 1. The summed E-state index contributed by atoms with van der Waals surface area (Å²) in [6.07, 6.45) is 1.40. The van der Waals surface area contributed by atoms with Gasteiger partial charge in [-0.15, -0.1) is 0 Å². The fourth-order valence-corrected chi connectivity index (χ4v) is 1.99. The molecule has 17 heavy (non-hydrogen) atoms. The highest BCUT2D eigenvalue weighted by Gasteiger charge is 2.27. The molecule has 1 aliphatic carbocycles. The molecule has 0 unspecified atom stereocenters. The van der Waals surface area contributed by atoms with Crippen molar-refractivity contribution in [2.75, 3.05) is 12.3 Å². The van der Waals surface area contributed by atoms with Crippen LogP contribution in [0.3, 0.4) is 0 Å². The van der Waals surface area contributed by atoms with Crippen LogP contribution in [-0.4, -0.2) is 23.7 Å². The summed E-state index contributed by atoms with van der Waals surface area (Å²) in [5, 5.41) is 12.0. The smallest absolute Gasteiger partial charge is 0.251 e. The van der Waals surface area contributed by atoms with E-state index in [1.54, 1.807) is 12.1 Å². The summed E-state index contributed by atoms with van der Waals surface area (Å²) in [5.74, 6) is 0.315. The summed E-state index contributed by atoms with van der Waals surface area (Å²) < 4.78 is 0. The number of carbonyl (C=O) groups is 1.